The SMILES string of the molecule is C=CC(C)(C=O)c1ccccc1C. The first-order valence-corrected chi connectivity index (χ1v) is 4.30. The van der Waals surface area contributed by atoms with Gasteiger partial charge in [0.2, 0.25) is 0 Å². The third kappa shape index (κ3) is 1.69. The Morgan fingerprint density at radius 2 is 2.00 bits per heavy atom. The second-order valence-corrected chi connectivity index (χ2v) is 3.42. The lowest BCUT2D eigenvalue weighted by atomic mass is 9.82. The molecule has 1 unspecified atom stereocenters. The van der Waals surface area contributed by atoms with E-state index in [2.05, 4.69) is 6.58 Å². The predicted octanol–water partition coefficient (Wildman–Crippen LogP) is 2.64. The minimum atomic E-state index is -0.550. The molecule has 0 N–H and O–H groups in total. The topological polar surface area (TPSA) is 17.1 Å². The summed E-state index contributed by atoms with van der Waals surface area (Å²) in [6, 6.07) is 7.87. The standard InChI is InChI=1S/C12H14O/c1-4-12(3,9-13)11-8-6-5-7-10(11)2/h4-9H,1H2,2-3H3. The van der Waals surface area contributed by atoms with Crippen LogP contribution in [0, 0.1) is 6.92 Å². The lowest BCUT2D eigenvalue weighted by molar-refractivity contribution is -0.110. The van der Waals surface area contributed by atoms with Crippen LogP contribution in [-0.4, -0.2) is 6.29 Å². The Balaban J connectivity index is 3.27. The molecule has 0 aliphatic heterocycles. The Bertz CT molecular complexity index is 318. The first kappa shape index (κ1) is 9.72. The molecule has 1 nitrogen and oxygen atoms in total. The van der Waals surface area contributed by atoms with Crippen LogP contribution >= 0.6 is 0 Å². The molecule has 0 saturated carbocycles. The minimum absolute atomic E-state index is 0.550. The average molecular weight is 174 g/mol. The summed E-state index contributed by atoms with van der Waals surface area (Å²) in [5.74, 6) is 0. The molecule has 0 spiro atoms. The van der Waals surface area contributed by atoms with Crippen LogP contribution < -0.4 is 0 Å². The zero-order valence-corrected chi connectivity index (χ0v) is 8.08. The molecule has 1 aromatic rings. The van der Waals surface area contributed by atoms with Crippen molar-refractivity contribution in [3.05, 3.63) is 48.0 Å². The Labute approximate surface area is 79.1 Å². The van der Waals surface area contributed by atoms with Gasteiger partial charge >= 0.3 is 0 Å². The number of rotatable bonds is 3. The molecule has 1 aromatic carbocycles. The molecule has 68 valence electrons. The van der Waals surface area contributed by atoms with Gasteiger partial charge in [-0.1, -0.05) is 30.3 Å². The van der Waals surface area contributed by atoms with Crippen molar-refractivity contribution in [3.63, 3.8) is 0 Å². The summed E-state index contributed by atoms with van der Waals surface area (Å²) in [6.45, 7) is 7.56. The molecule has 0 aliphatic carbocycles. The van der Waals surface area contributed by atoms with Crippen molar-refractivity contribution in [1.82, 2.24) is 0 Å². The fraction of sp³-hybridized carbons (Fsp3) is 0.250. The van der Waals surface area contributed by atoms with Gasteiger partial charge in [-0.2, -0.15) is 0 Å². The Morgan fingerprint density at radius 1 is 1.38 bits per heavy atom. The summed E-state index contributed by atoms with van der Waals surface area (Å²) in [6.07, 6.45) is 2.62. The highest BCUT2D eigenvalue weighted by Crippen LogP contribution is 2.25. The molecule has 0 bridgehead atoms. The van der Waals surface area contributed by atoms with Gasteiger partial charge in [-0.3, -0.25) is 0 Å². The summed E-state index contributed by atoms with van der Waals surface area (Å²) in [5, 5.41) is 0. The van der Waals surface area contributed by atoms with E-state index in [1.807, 2.05) is 38.1 Å². The van der Waals surface area contributed by atoms with Crippen molar-refractivity contribution >= 4 is 6.29 Å². The van der Waals surface area contributed by atoms with E-state index in [-0.39, 0.29) is 0 Å². The third-order valence-corrected chi connectivity index (χ3v) is 2.39. The van der Waals surface area contributed by atoms with E-state index >= 15 is 0 Å². The Kier molecular flexibility index (Phi) is 2.66. The number of carbonyl (C=O) groups is 1. The quantitative estimate of drug-likeness (QED) is 0.508. The first-order chi connectivity index (χ1) is 6.14. The van der Waals surface area contributed by atoms with Crippen LogP contribution in [0.3, 0.4) is 0 Å². The number of allylic oxidation sites excluding steroid dienone is 1. The van der Waals surface area contributed by atoms with Gasteiger partial charge in [0.15, 0.2) is 0 Å². The van der Waals surface area contributed by atoms with Gasteiger partial charge in [-0.25, -0.2) is 0 Å². The van der Waals surface area contributed by atoms with Crippen LogP contribution in [0.25, 0.3) is 0 Å². The molecule has 0 amide bonds. The van der Waals surface area contributed by atoms with E-state index in [9.17, 15) is 4.79 Å². The van der Waals surface area contributed by atoms with Gasteiger partial charge < -0.3 is 4.79 Å². The number of hydrogen-bond acceptors (Lipinski definition) is 1. The van der Waals surface area contributed by atoms with Crippen LogP contribution in [0.5, 0.6) is 0 Å². The van der Waals surface area contributed by atoms with Crippen molar-refractivity contribution in [1.29, 1.82) is 0 Å². The van der Waals surface area contributed by atoms with Gasteiger partial charge in [0.1, 0.15) is 6.29 Å². The number of hydrogen-bond donors (Lipinski definition) is 0. The maximum Gasteiger partial charge on any atom is 0.134 e. The number of aldehydes is 1. The Morgan fingerprint density at radius 3 is 2.46 bits per heavy atom. The zero-order chi connectivity index (χ0) is 9.90. The highest BCUT2D eigenvalue weighted by Gasteiger charge is 2.22. The fourth-order valence-electron chi connectivity index (χ4n) is 1.40. The van der Waals surface area contributed by atoms with Crippen molar-refractivity contribution in [2.75, 3.05) is 0 Å². The second-order valence-electron chi connectivity index (χ2n) is 3.42. The lowest BCUT2D eigenvalue weighted by Gasteiger charge is -2.20. The van der Waals surface area contributed by atoms with Gasteiger partial charge in [0.05, 0.1) is 5.41 Å². The predicted molar refractivity (Wildman–Crippen MR) is 54.8 cm³/mol. The van der Waals surface area contributed by atoms with E-state index in [1.54, 1.807) is 6.08 Å². The van der Waals surface area contributed by atoms with Crippen molar-refractivity contribution in [2.45, 2.75) is 19.3 Å². The van der Waals surface area contributed by atoms with E-state index in [0.717, 1.165) is 17.4 Å². The molecule has 0 radical (unpaired) electrons. The fourth-order valence-corrected chi connectivity index (χ4v) is 1.40. The molecule has 1 rings (SSSR count). The molecule has 13 heavy (non-hydrogen) atoms. The van der Waals surface area contributed by atoms with E-state index in [0.29, 0.717) is 0 Å². The van der Waals surface area contributed by atoms with Crippen LogP contribution in [0.4, 0.5) is 0 Å². The Hall–Kier alpha value is -1.37. The van der Waals surface area contributed by atoms with Gasteiger partial charge in [0, 0.05) is 0 Å². The largest absolute Gasteiger partial charge is 0.302 e. The maximum absolute atomic E-state index is 10.9. The van der Waals surface area contributed by atoms with Crippen LogP contribution in [0.1, 0.15) is 18.1 Å². The molecule has 0 fully saturated rings. The molecule has 1 atom stereocenters. The summed E-state index contributed by atoms with van der Waals surface area (Å²) in [5.41, 5.74) is 1.60. The van der Waals surface area contributed by atoms with Crippen LogP contribution in [0.15, 0.2) is 36.9 Å². The average Bonchev–Trinajstić information content (AvgIpc) is 2.17. The molecule has 0 aromatic heterocycles. The highest BCUT2D eigenvalue weighted by atomic mass is 16.1. The third-order valence-electron chi connectivity index (χ3n) is 2.39. The second kappa shape index (κ2) is 3.56. The highest BCUT2D eigenvalue weighted by molar-refractivity contribution is 5.72. The van der Waals surface area contributed by atoms with Crippen LogP contribution in [-0.2, 0) is 10.2 Å². The van der Waals surface area contributed by atoms with Gasteiger partial charge in [-0.05, 0) is 25.0 Å². The van der Waals surface area contributed by atoms with Crippen molar-refractivity contribution < 1.29 is 4.79 Å². The lowest BCUT2D eigenvalue weighted by Crippen LogP contribution is -2.21. The van der Waals surface area contributed by atoms with Gasteiger partial charge in [-0.15, -0.1) is 6.58 Å². The molecular formula is C12H14O. The van der Waals surface area contributed by atoms with Crippen molar-refractivity contribution in [2.24, 2.45) is 0 Å². The van der Waals surface area contributed by atoms with Crippen LogP contribution in [0.2, 0.25) is 0 Å². The maximum atomic E-state index is 10.9. The normalized spacial score (nSPS) is 14.6. The smallest absolute Gasteiger partial charge is 0.134 e. The summed E-state index contributed by atoms with van der Waals surface area (Å²) >= 11 is 0. The van der Waals surface area contributed by atoms with E-state index in [1.165, 1.54) is 0 Å². The summed E-state index contributed by atoms with van der Waals surface area (Å²) < 4.78 is 0. The molecule has 0 saturated heterocycles. The summed E-state index contributed by atoms with van der Waals surface area (Å²) in [7, 11) is 0. The first-order valence-electron chi connectivity index (χ1n) is 4.30. The molecule has 1 heteroatoms. The number of carbonyl (C=O) groups excluding carboxylic acids is 1. The molecule has 0 aliphatic rings. The minimum Gasteiger partial charge on any atom is -0.302 e. The monoisotopic (exact) mass is 174 g/mol. The van der Waals surface area contributed by atoms with E-state index in [4.69, 9.17) is 0 Å². The zero-order valence-electron chi connectivity index (χ0n) is 8.08. The van der Waals surface area contributed by atoms with Crippen molar-refractivity contribution in [3.8, 4) is 0 Å². The van der Waals surface area contributed by atoms with Gasteiger partial charge in [0.25, 0.3) is 0 Å². The summed E-state index contributed by atoms with van der Waals surface area (Å²) in [4.78, 5) is 10.9. The number of benzene rings is 1. The molecule has 0 heterocycles. The van der Waals surface area contributed by atoms with E-state index < -0.39 is 5.41 Å². The molecular weight excluding hydrogens is 160 g/mol. The number of aryl methyl sites for hydroxylation is 1.